The number of sulfonamides is 1. The molecule has 0 aliphatic heterocycles. The number of benzene rings is 1. The normalized spacial score (nSPS) is 12.0. The van der Waals surface area contributed by atoms with Crippen molar-refractivity contribution in [1.29, 1.82) is 0 Å². The van der Waals surface area contributed by atoms with Crippen LogP contribution in [0.1, 0.15) is 37.6 Å². The Labute approximate surface area is 149 Å². The summed E-state index contributed by atoms with van der Waals surface area (Å²) in [6.07, 6.45) is 0.672. The van der Waals surface area contributed by atoms with Crippen LogP contribution in [0.25, 0.3) is 0 Å². The molecule has 0 unspecified atom stereocenters. The van der Waals surface area contributed by atoms with Gasteiger partial charge >= 0.3 is 0 Å². The lowest BCUT2D eigenvalue weighted by atomic mass is 10.2. The first-order valence-electron chi connectivity index (χ1n) is 7.85. The summed E-state index contributed by atoms with van der Waals surface area (Å²) in [4.78, 5) is 12.3. The Kier molecular flexibility index (Phi) is 8.15. The molecule has 0 radical (unpaired) electrons. The molecule has 1 aromatic carbocycles. The van der Waals surface area contributed by atoms with Crippen molar-refractivity contribution in [1.82, 2.24) is 9.62 Å². The summed E-state index contributed by atoms with van der Waals surface area (Å²) >= 11 is 6.05. The van der Waals surface area contributed by atoms with E-state index in [1.165, 1.54) is 29.6 Å². The predicted molar refractivity (Wildman–Crippen MR) is 95.0 cm³/mol. The van der Waals surface area contributed by atoms with Gasteiger partial charge in [0.25, 0.3) is 5.91 Å². The molecular formula is C16H25ClN2O4S. The van der Waals surface area contributed by atoms with E-state index in [1.54, 1.807) is 13.8 Å². The SMILES string of the molecule is CCOCCCNC(=O)c1cc(S(=O)(=O)N(C)C(C)C)ccc1Cl. The number of carbonyl (C=O) groups excluding carboxylic acids is 1. The van der Waals surface area contributed by atoms with Gasteiger partial charge in [0.1, 0.15) is 0 Å². The van der Waals surface area contributed by atoms with E-state index in [-0.39, 0.29) is 21.5 Å². The van der Waals surface area contributed by atoms with Gasteiger partial charge in [0.05, 0.1) is 15.5 Å². The van der Waals surface area contributed by atoms with E-state index in [0.717, 1.165) is 0 Å². The summed E-state index contributed by atoms with van der Waals surface area (Å²) in [5.74, 6) is -0.402. The molecule has 0 aliphatic rings. The smallest absolute Gasteiger partial charge is 0.252 e. The zero-order chi connectivity index (χ0) is 18.3. The van der Waals surface area contributed by atoms with Gasteiger partial charge in [-0.25, -0.2) is 8.42 Å². The summed E-state index contributed by atoms with van der Waals surface area (Å²) in [7, 11) is -2.17. The van der Waals surface area contributed by atoms with Crippen molar-refractivity contribution in [3.8, 4) is 0 Å². The molecule has 0 aliphatic carbocycles. The van der Waals surface area contributed by atoms with Crippen LogP contribution in [-0.4, -0.2) is 51.5 Å². The molecule has 0 saturated heterocycles. The van der Waals surface area contributed by atoms with Crippen LogP contribution in [-0.2, 0) is 14.8 Å². The molecule has 0 aromatic heterocycles. The maximum Gasteiger partial charge on any atom is 0.252 e. The fourth-order valence-electron chi connectivity index (χ4n) is 1.90. The van der Waals surface area contributed by atoms with Crippen LogP contribution in [0.3, 0.4) is 0 Å². The molecule has 0 heterocycles. The van der Waals surface area contributed by atoms with Crippen LogP contribution in [0.4, 0.5) is 0 Å². The first kappa shape index (κ1) is 20.9. The van der Waals surface area contributed by atoms with E-state index in [0.29, 0.717) is 26.2 Å². The first-order valence-corrected chi connectivity index (χ1v) is 9.67. The second-order valence-electron chi connectivity index (χ2n) is 5.56. The van der Waals surface area contributed by atoms with Gasteiger partial charge in [0.2, 0.25) is 10.0 Å². The minimum atomic E-state index is -3.67. The third-order valence-electron chi connectivity index (χ3n) is 3.54. The predicted octanol–water partition coefficient (Wildman–Crippen LogP) is 2.53. The van der Waals surface area contributed by atoms with Crippen LogP contribution in [0.2, 0.25) is 5.02 Å². The standard InChI is InChI=1S/C16H25ClN2O4S/c1-5-23-10-6-9-18-16(20)14-11-13(7-8-15(14)17)24(21,22)19(4)12(2)3/h7-8,11-12H,5-6,9-10H2,1-4H3,(H,18,20). The second-order valence-corrected chi connectivity index (χ2v) is 7.97. The van der Waals surface area contributed by atoms with E-state index >= 15 is 0 Å². The molecular weight excluding hydrogens is 352 g/mol. The van der Waals surface area contributed by atoms with Crippen molar-refractivity contribution >= 4 is 27.5 Å². The van der Waals surface area contributed by atoms with Gasteiger partial charge in [0.15, 0.2) is 0 Å². The highest BCUT2D eigenvalue weighted by atomic mass is 35.5. The largest absolute Gasteiger partial charge is 0.382 e. The molecule has 0 fully saturated rings. The van der Waals surface area contributed by atoms with E-state index in [9.17, 15) is 13.2 Å². The van der Waals surface area contributed by atoms with Crippen LogP contribution >= 0.6 is 11.6 Å². The average Bonchev–Trinajstić information content (AvgIpc) is 2.53. The molecule has 0 saturated carbocycles. The molecule has 8 heteroatoms. The number of nitrogens with one attached hydrogen (secondary N) is 1. The number of rotatable bonds is 9. The molecule has 1 aromatic rings. The Morgan fingerprint density at radius 3 is 2.62 bits per heavy atom. The van der Waals surface area contributed by atoms with Crippen molar-refractivity contribution < 1.29 is 17.9 Å². The van der Waals surface area contributed by atoms with Crippen LogP contribution in [0, 0.1) is 0 Å². The number of hydrogen-bond donors (Lipinski definition) is 1. The molecule has 1 N–H and O–H groups in total. The second kappa shape index (κ2) is 9.36. The Hall–Kier alpha value is -1.15. The highest BCUT2D eigenvalue weighted by molar-refractivity contribution is 7.89. The van der Waals surface area contributed by atoms with Crippen LogP contribution < -0.4 is 5.32 Å². The Morgan fingerprint density at radius 1 is 1.38 bits per heavy atom. The quantitative estimate of drug-likeness (QED) is 0.672. The molecule has 0 atom stereocenters. The fraction of sp³-hybridized carbons (Fsp3) is 0.562. The maximum absolute atomic E-state index is 12.5. The Bertz CT molecular complexity index is 662. The summed E-state index contributed by atoms with van der Waals surface area (Å²) in [5, 5.41) is 2.93. The van der Waals surface area contributed by atoms with Crippen LogP contribution in [0.5, 0.6) is 0 Å². The zero-order valence-electron chi connectivity index (χ0n) is 14.5. The van der Waals surface area contributed by atoms with Crippen molar-refractivity contribution in [3.05, 3.63) is 28.8 Å². The molecule has 0 spiro atoms. The van der Waals surface area contributed by atoms with Crippen LogP contribution in [0.15, 0.2) is 23.1 Å². The van der Waals surface area contributed by atoms with Gasteiger partial charge in [-0.1, -0.05) is 11.6 Å². The van der Waals surface area contributed by atoms with Gasteiger partial charge in [-0.3, -0.25) is 4.79 Å². The van der Waals surface area contributed by atoms with Gasteiger partial charge < -0.3 is 10.1 Å². The number of ether oxygens (including phenoxy) is 1. The lowest BCUT2D eigenvalue weighted by Crippen LogP contribution is -2.33. The summed E-state index contributed by atoms with van der Waals surface area (Å²) in [5.41, 5.74) is 0.145. The lowest BCUT2D eigenvalue weighted by molar-refractivity contribution is 0.0944. The minimum absolute atomic E-state index is 0.0440. The first-order chi connectivity index (χ1) is 11.2. The highest BCUT2D eigenvalue weighted by Crippen LogP contribution is 2.23. The van der Waals surface area contributed by atoms with E-state index in [2.05, 4.69) is 5.32 Å². The molecule has 0 bridgehead atoms. The molecule has 1 rings (SSSR count). The van der Waals surface area contributed by atoms with E-state index < -0.39 is 15.9 Å². The lowest BCUT2D eigenvalue weighted by Gasteiger charge is -2.21. The third kappa shape index (κ3) is 5.44. The van der Waals surface area contributed by atoms with Crippen molar-refractivity contribution in [2.24, 2.45) is 0 Å². The zero-order valence-corrected chi connectivity index (χ0v) is 16.1. The Morgan fingerprint density at radius 2 is 2.04 bits per heavy atom. The molecule has 6 nitrogen and oxygen atoms in total. The van der Waals surface area contributed by atoms with Gasteiger partial charge in [-0.2, -0.15) is 4.31 Å². The molecule has 136 valence electrons. The minimum Gasteiger partial charge on any atom is -0.382 e. The number of amides is 1. The van der Waals surface area contributed by atoms with E-state index in [4.69, 9.17) is 16.3 Å². The van der Waals surface area contributed by atoms with Gasteiger partial charge in [0, 0.05) is 32.8 Å². The summed E-state index contributed by atoms with van der Waals surface area (Å²) in [6, 6.07) is 3.95. The Balaban J connectivity index is 2.92. The summed E-state index contributed by atoms with van der Waals surface area (Å²) < 4.78 is 31.5. The monoisotopic (exact) mass is 376 g/mol. The van der Waals surface area contributed by atoms with E-state index in [1.807, 2.05) is 6.92 Å². The number of carbonyl (C=O) groups is 1. The number of nitrogens with zero attached hydrogens (tertiary/aromatic N) is 1. The fourth-order valence-corrected chi connectivity index (χ4v) is 3.50. The third-order valence-corrected chi connectivity index (χ3v) is 5.90. The van der Waals surface area contributed by atoms with Crippen molar-refractivity contribution in [2.45, 2.75) is 38.1 Å². The maximum atomic E-state index is 12.5. The van der Waals surface area contributed by atoms with Crippen molar-refractivity contribution in [2.75, 3.05) is 26.8 Å². The number of hydrogen-bond acceptors (Lipinski definition) is 4. The van der Waals surface area contributed by atoms with Gasteiger partial charge in [-0.15, -0.1) is 0 Å². The topological polar surface area (TPSA) is 75.7 Å². The van der Waals surface area contributed by atoms with Gasteiger partial charge in [-0.05, 0) is 45.4 Å². The summed E-state index contributed by atoms with van der Waals surface area (Å²) in [6.45, 7) is 7.07. The average molecular weight is 377 g/mol. The number of halogens is 1. The molecule has 24 heavy (non-hydrogen) atoms. The molecule has 1 amide bonds. The highest BCUT2D eigenvalue weighted by Gasteiger charge is 2.24. The van der Waals surface area contributed by atoms with Crippen molar-refractivity contribution in [3.63, 3.8) is 0 Å².